The first-order chi connectivity index (χ1) is 13.0. The lowest BCUT2D eigenvalue weighted by molar-refractivity contribution is -0.144. The van der Waals surface area contributed by atoms with Crippen LogP contribution in [0.5, 0.6) is 0 Å². The van der Waals surface area contributed by atoms with E-state index in [1.165, 1.54) is 0 Å². The van der Waals surface area contributed by atoms with Gasteiger partial charge >= 0.3 is 0 Å². The smallest absolute Gasteiger partial charge is 0.207 e. The van der Waals surface area contributed by atoms with Crippen LogP contribution in [0.3, 0.4) is 0 Å². The van der Waals surface area contributed by atoms with Crippen molar-refractivity contribution in [3.05, 3.63) is 102 Å². The van der Waals surface area contributed by atoms with Crippen molar-refractivity contribution < 1.29 is 13.3 Å². The summed E-state index contributed by atoms with van der Waals surface area (Å²) in [6.07, 6.45) is 0.314. The maximum Gasteiger partial charge on any atom is 0.207 e. The van der Waals surface area contributed by atoms with Gasteiger partial charge in [-0.05, 0) is 23.3 Å². The molecule has 3 aromatic rings. The molecule has 1 fully saturated rings. The number of rotatable bonds is 4. The number of hydrogen-bond donors (Lipinski definition) is 0. The quantitative estimate of drug-likeness (QED) is 0.687. The number of benzene rings is 3. The highest BCUT2D eigenvalue weighted by Crippen LogP contribution is 2.46. The maximum absolute atomic E-state index is 13.2. The first kappa shape index (κ1) is 17.9. The third-order valence-electron chi connectivity index (χ3n) is 5.20. The Morgan fingerprint density at radius 2 is 1.26 bits per heavy atom. The second kappa shape index (κ2) is 6.93. The molecular formula is C22H21NO3S. The Hall–Kier alpha value is -2.47. The summed E-state index contributed by atoms with van der Waals surface area (Å²) in [6.45, 7) is 0. The molecule has 1 unspecified atom stereocenters. The van der Waals surface area contributed by atoms with E-state index in [-0.39, 0.29) is 4.90 Å². The second-order valence-electron chi connectivity index (χ2n) is 6.69. The SMILES string of the molecule is CN1OC(S(=O)(=O)c2ccccc2)CC1(c1ccccc1)c1ccccc1. The Labute approximate surface area is 159 Å². The average Bonchev–Trinajstić information content (AvgIpc) is 3.09. The van der Waals surface area contributed by atoms with E-state index >= 15 is 0 Å². The van der Waals surface area contributed by atoms with E-state index in [0.717, 1.165) is 11.1 Å². The molecule has 27 heavy (non-hydrogen) atoms. The summed E-state index contributed by atoms with van der Waals surface area (Å²) in [5.74, 6) is 0. The molecule has 0 bridgehead atoms. The van der Waals surface area contributed by atoms with E-state index in [1.54, 1.807) is 42.4 Å². The summed E-state index contributed by atoms with van der Waals surface area (Å²) in [5, 5.41) is 1.70. The molecule has 1 atom stereocenters. The Morgan fingerprint density at radius 3 is 1.74 bits per heavy atom. The zero-order valence-corrected chi connectivity index (χ0v) is 15.8. The predicted molar refractivity (Wildman–Crippen MR) is 105 cm³/mol. The van der Waals surface area contributed by atoms with Crippen LogP contribution in [0.15, 0.2) is 95.9 Å². The van der Waals surface area contributed by atoms with Gasteiger partial charge in [0.2, 0.25) is 9.84 Å². The van der Waals surface area contributed by atoms with Crippen molar-refractivity contribution in [2.45, 2.75) is 22.3 Å². The normalized spacial score (nSPS) is 19.8. The van der Waals surface area contributed by atoms with E-state index in [9.17, 15) is 8.42 Å². The van der Waals surface area contributed by atoms with E-state index < -0.39 is 20.8 Å². The molecule has 0 aliphatic carbocycles. The molecule has 1 aliphatic rings. The molecule has 5 heteroatoms. The van der Waals surface area contributed by atoms with E-state index in [4.69, 9.17) is 4.84 Å². The number of hydroxylamine groups is 2. The van der Waals surface area contributed by atoms with Gasteiger partial charge in [0.05, 0.1) is 10.4 Å². The maximum atomic E-state index is 13.2. The van der Waals surface area contributed by atoms with Gasteiger partial charge < -0.3 is 0 Å². The molecule has 1 aliphatic heterocycles. The molecule has 3 aromatic carbocycles. The lowest BCUT2D eigenvalue weighted by atomic mass is 9.81. The minimum Gasteiger partial charge on any atom is -0.278 e. The van der Waals surface area contributed by atoms with Gasteiger partial charge in [-0.25, -0.2) is 8.42 Å². The molecular weight excluding hydrogens is 358 g/mol. The minimum atomic E-state index is -3.62. The lowest BCUT2D eigenvalue weighted by Crippen LogP contribution is -2.38. The van der Waals surface area contributed by atoms with Crippen molar-refractivity contribution in [3.8, 4) is 0 Å². The molecule has 0 aromatic heterocycles. The van der Waals surface area contributed by atoms with E-state index in [0.29, 0.717) is 6.42 Å². The largest absolute Gasteiger partial charge is 0.278 e. The summed E-state index contributed by atoms with van der Waals surface area (Å²) in [7, 11) is -1.82. The fourth-order valence-electron chi connectivity index (χ4n) is 3.80. The molecule has 0 N–H and O–H groups in total. The highest BCUT2D eigenvalue weighted by Gasteiger charge is 2.52. The number of nitrogens with zero attached hydrogens (tertiary/aromatic N) is 1. The molecule has 0 radical (unpaired) electrons. The highest BCUT2D eigenvalue weighted by molar-refractivity contribution is 7.92. The van der Waals surface area contributed by atoms with Crippen LogP contribution in [0.25, 0.3) is 0 Å². The molecule has 0 amide bonds. The van der Waals surface area contributed by atoms with Crippen LogP contribution in [0.2, 0.25) is 0 Å². The molecule has 0 saturated carbocycles. The Kier molecular flexibility index (Phi) is 4.60. The molecule has 4 rings (SSSR count). The third-order valence-corrected chi connectivity index (χ3v) is 7.07. The summed E-state index contributed by atoms with van der Waals surface area (Å²) in [4.78, 5) is 6.23. The average molecular weight is 379 g/mol. The highest BCUT2D eigenvalue weighted by atomic mass is 32.2. The number of sulfone groups is 1. The summed E-state index contributed by atoms with van der Waals surface area (Å²) in [6, 6.07) is 28.3. The Balaban J connectivity index is 1.83. The van der Waals surface area contributed by atoms with Gasteiger partial charge in [0.15, 0.2) is 5.44 Å². The monoisotopic (exact) mass is 379 g/mol. The fourth-order valence-corrected chi connectivity index (χ4v) is 5.34. The third kappa shape index (κ3) is 2.98. The van der Waals surface area contributed by atoms with Gasteiger partial charge in [-0.3, -0.25) is 4.84 Å². The van der Waals surface area contributed by atoms with Crippen LogP contribution in [-0.2, 0) is 20.2 Å². The van der Waals surface area contributed by atoms with E-state index in [2.05, 4.69) is 0 Å². The molecule has 1 saturated heterocycles. The van der Waals surface area contributed by atoms with Gasteiger partial charge in [0.25, 0.3) is 0 Å². The van der Waals surface area contributed by atoms with Crippen LogP contribution in [0.1, 0.15) is 17.5 Å². The zero-order valence-electron chi connectivity index (χ0n) is 15.0. The van der Waals surface area contributed by atoms with Crippen molar-refractivity contribution in [2.24, 2.45) is 0 Å². The second-order valence-corrected chi connectivity index (χ2v) is 8.77. The van der Waals surface area contributed by atoms with Crippen LogP contribution in [0.4, 0.5) is 0 Å². The Morgan fingerprint density at radius 1 is 0.815 bits per heavy atom. The van der Waals surface area contributed by atoms with Gasteiger partial charge in [0.1, 0.15) is 0 Å². The lowest BCUT2D eigenvalue weighted by Gasteiger charge is -2.35. The predicted octanol–water partition coefficient (Wildman–Crippen LogP) is 4.00. The van der Waals surface area contributed by atoms with Crippen LogP contribution < -0.4 is 0 Å². The van der Waals surface area contributed by atoms with Gasteiger partial charge in [-0.1, -0.05) is 78.9 Å². The van der Waals surface area contributed by atoms with Gasteiger partial charge in [0, 0.05) is 13.5 Å². The van der Waals surface area contributed by atoms with E-state index in [1.807, 2.05) is 60.7 Å². The van der Waals surface area contributed by atoms with Crippen molar-refractivity contribution in [3.63, 3.8) is 0 Å². The van der Waals surface area contributed by atoms with Crippen molar-refractivity contribution in [2.75, 3.05) is 7.05 Å². The molecule has 138 valence electrons. The summed E-state index contributed by atoms with van der Waals surface area (Å²) in [5.41, 5.74) is 0.383. The summed E-state index contributed by atoms with van der Waals surface area (Å²) >= 11 is 0. The minimum absolute atomic E-state index is 0.278. The van der Waals surface area contributed by atoms with Crippen LogP contribution >= 0.6 is 0 Å². The van der Waals surface area contributed by atoms with Crippen molar-refractivity contribution >= 4 is 9.84 Å². The Bertz CT molecular complexity index is 966. The zero-order chi connectivity index (χ0) is 18.9. The summed E-state index contributed by atoms with van der Waals surface area (Å²) < 4.78 is 26.4. The molecule has 1 heterocycles. The van der Waals surface area contributed by atoms with Crippen molar-refractivity contribution in [1.82, 2.24) is 5.06 Å². The van der Waals surface area contributed by atoms with Crippen molar-refractivity contribution in [1.29, 1.82) is 0 Å². The molecule has 4 nitrogen and oxygen atoms in total. The van der Waals surface area contributed by atoms with Gasteiger partial charge in [-0.15, -0.1) is 0 Å². The molecule has 0 spiro atoms. The topological polar surface area (TPSA) is 46.6 Å². The van der Waals surface area contributed by atoms with Gasteiger partial charge in [-0.2, -0.15) is 5.06 Å². The first-order valence-corrected chi connectivity index (χ1v) is 10.4. The first-order valence-electron chi connectivity index (χ1n) is 8.86. The fraction of sp³-hybridized carbons (Fsp3) is 0.182. The standard InChI is InChI=1S/C22H21NO3S/c1-23-22(18-11-5-2-6-12-18,19-13-7-3-8-14-19)17-21(26-23)27(24,25)20-15-9-4-10-16-20/h2-16,21H,17H2,1H3. The number of hydrogen-bond acceptors (Lipinski definition) is 4. The van der Waals surface area contributed by atoms with Crippen LogP contribution in [0, 0.1) is 0 Å². The van der Waals surface area contributed by atoms with Crippen LogP contribution in [-0.4, -0.2) is 26.0 Å².